The second-order valence-corrected chi connectivity index (χ2v) is 7.06. The van der Waals surface area contributed by atoms with Crippen LogP contribution in [-0.2, 0) is 0 Å². The first-order chi connectivity index (χ1) is 13.5. The Morgan fingerprint density at radius 2 is 1.71 bits per heavy atom. The molecule has 2 aromatic rings. The zero-order valence-electron chi connectivity index (χ0n) is 16.5. The molecular formula is C23H22N4O. The number of fused-ring (bicyclic) bond motifs is 3. The molecule has 0 fully saturated rings. The van der Waals surface area contributed by atoms with Crippen molar-refractivity contribution in [3.05, 3.63) is 70.4 Å². The summed E-state index contributed by atoms with van der Waals surface area (Å²) >= 11 is 0. The third-order valence-corrected chi connectivity index (χ3v) is 4.85. The number of para-hydroxylation sites is 1. The van der Waals surface area contributed by atoms with Gasteiger partial charge in [0.15, 0.2) is 5.78 Å². The smallest absolute Gasteiger partial charge is 0.226 e. The highest BCUT2D eigenvalue weighted by Gasteiger charge is 2.35. The van der Waals surface area contributed by atoms with E-state index in [2.05, 4.69) is 4.99 Å². The summed E-state index contributed by atoms with van der Waals surface area (Å²) in [5, 5.41) is 0. The molecule has 0 unspecified atom stereocenters. The number of ketones is 1. The average molecular weight is 370 g/mol. The standard InChI is InChI=1S/C23H22N4O/c1-5-13-24-19-14(2)9-8-12-17(19)18-21-20(25-23(26-21)27(3)4)15-10-6-7-11-16(15)22(18)28/h6-13H,5H2,1-4H3. The second kappa shape index (κ2) is 7.00. The minimum absolute atomic E-state index is 0.0353. The third kappa shape index (κ3) is 2.80. The fourth-order valence-electron chi connectivity index (χ4n) is 3.49. The molecule has 0 atom stereocenters. The van der Waals surface area contributed by atoms with Crippen LogP contribution in [0.5, 0.6) is 0 Å². The molecule has 140 valence electrons. The zero-order chi connectivity index (χ0) is 19.8. The first-order valence-electron chi connectivity index (χ1n) is 9.39. The molecule has 1 aliphatic heterocycles. The summed E-state index contributed by atoms with van der Waals surface area (Å²) in [5.74, 6) is 0.560. The first kappa shape index (κ1) is 18.0. The minimum Gasteiger partial charge on any atom is -0.347 e. The maximum atomic E-state index is 13.5. The normalized spacial score (nSPS) is 15.5. The number of aryl methyl sites for hydroxylation is 1. The average Bonchev–Trinajstić information content (AvgIpc) is 3.13. The Morgan fingerprint density at radius 1 is 1.00 bits per heavy atom. The summed E-state index contributed by atoms with van der Waals surface area (Å²) in [6.45, 7) is 4.05. The number of guanidine groups is 1. The molecule has 5 nitrogen and oxygen atoms in total. The maximum absolute atomic E-state index is 13.5. The molecule has 5 heteroatoms. The van der Waals surface area contributed by atoms with E-state index in [1.165, 1.54) is 0 Å². The number of nitrogens with zero attached hydrogens (tertiary/aromatic N) is 4. The molecule has 4 rings (SSSR count). The van der Waals surface area contributed by atoms with Crippen molar-refractivity contribution in [2.24, 2.45) is 15.0 Å². The maximum Gasteiger partial charge on any atom is 0.226 e. The highest BCUT2D eigenvalue weighted by Crippen LogP contribution is 2.40. The molecule has 0 aromatic heterocycles. The Morgan fingerprint density at radius 3 is 2.43 bits per heavy atom. The van der Waals surface area contributed by atoms with Crippen LogP contribution < -0.4 is 0 Å². The Labute approximate surface area is 164 Å². The van der Waals surface area contributed by atoms with Crippen LogP contribution in [0, 0.1) is 6.92 Å². The molecular weight excluding hydrogens is 348 g/mol. The lowest BCUT2D eigenvalue weighted by Crippen LogP contribution is -2.20. The quantitative estimate of drug-likeness (QED) is 0.750. The van der Waals surface area contributed by atoms with Gasteiger partial charge in [0, 0.05) is 37.0 Å². The van der Waals surface area contributed by atoms with Crippen LogP contribution in [-0.4, -0.2) is 42.7 Å². The monoisotopic (exact) mass is 370 g/mol. The van der Waals surface area contributed by atoms with Crippen LogP contribution in [0.15, 0.2) is 63.1 Å². The van der Waals surface area contributed by atoms with Crippen LogP contribution >= 0.6 is 0 Å². The van der Waals surface area contributed by atoms with Gasteiger partial charge >= 0.3 is 0 Å². The highest BCUT2D eigenvalue weighted by atomic mass is 16.1. The molecule has 0 spiro atoms. The number of hydrogen-bond donors (Lipinski definition) is 0. The lowest BCUT2D eigenvalue weighted by molar-refractivity contribution is 0.105. The molecule has 0 saturated carbocycles. The molecule has 0 amide bonds. The van der Waals surface area contributed by atoms with Gasteiger partial charge in [0.25, 0.3) is 0 Å². The van der Waals surface area contributed by atoms with Gasteiger partial charge in [-0.2, -0.15) is 0 Å². The van der Waals surface area contributed by atoms with Crippen LogP contribution in [0.3, 0.4) is 0 Å². The van der Waals surface area contributed by atoms with E-state index in [-0.39, 0.29) is 5.78 Å². The molecule has 2 aliphatic rings. The number of rotatable bonds is 3. The fraction of sp³-hybridized carbons (Fsp3) is 0.217. The predicted octanol–water partition coefficient (Wildman–Crippen LogP) is 4.44. The highest BCUT2D eigenvalue weighted by molar-refractivity contribution is 6.43. The van der Waals surface area contributed by atoms with Crippen molar-refractivity contribution in [1.29, 1.82) is 0 Å². The van der Waals surface area contributed by atoms with Gasteiger partial charge in [0.05, 0.1) is 11.3 Å². The van der Waals surface area contributed by atoms with Crippen molar-refractivity contribution in [1.82, 2.24) is 4.90 Å². The summed E-state index contributed by atoms with van der Waals surface area (Å²) in [4.78, 5) is 29.5. The van der Waals surface area contributed by atoms with E-state index < -0.39 is 0 Å². The van der Waals surface area contributed by atoms with Gasteiger partial charge < -0.3 is 4.90 Å². The summed E-state index contributed by atoms with van der Waals surface area (Å²) in [6, 6.07) is 13.5. The van der Waals surface area contributed by atoms with Gasteiger partial charge in [0.1, 0.15) is 11.4 Å². The predicted molar refractivity (Wildman–Crippen MR) is 115 cm³/mol. The van der Waals surface area contributed by atoms with E-state index >= 15 is 0 Å². The lowest BCUT2D eigenvalue weighted by Gasteiger charge is -2.20. The Hall–Kier alpha value is -3.34. The molecule has 0 bridgehead atoms. The molecule has 0 radical (unpaired) electrons. The molecule has 0 N–H and O–H groups in total. The third-order valence-electron chi connectivity index (χ3n) is 4.85. The van der Waals surface area contributed by atoms with Gasteiger partial charge in [-0.1, -0.05) is 49.4 Å². The first-order valence-corrected chi connectivity index (χ1v) is 9.39. The van der Waals surface area contributed by atoms with Gasteiger partial charge in [-0.3, -0.25) is 9.79 Å². The molecule has 1 heterocycles. The van der Waals surface area contributed by atoms with E-state index in [1.54, 1.807) is 0 Å². The number of hydrogen-bond acceptors (Lipinski definition) is 5. The van der Waals surface area contributed by atoms with Crippen LogP contribution in [0.25, 0.3) is 5.57 Å². The van der Waals surface area contributed by atoms with Gasteiger partial charge in [0.2, 0.25) is 5.96 Å². The van der Waals surface area contributed by atoms with Crippen LogP contribution in [0.4, 0.5) is 5.69 Å². The summed E-state index contributed by atoms with van der Waals surface area (Å²) < 4.78 is 0. The Balaban J connectivity index is 2.03. The lowest BCUT2D eigenvalue weighted by atomic mass is 9.83. The molecule has 2 aromatic carbocycles. The van der Waals surface area contributed by atoms with E-state index in [4.69, 9.17) is 9.98 Å². The van der Waals surface area contributed by atoms with Crippen molar-refractivity contribution in [3.63, 3.8) is 0 Å². The summed E-state index contributed by atoms with van der Waals surface area (Å²) in [5.41, 5.74) is 6.08. The number of carbonyl (C=O) groups excluding carboxylic acids is 1. The van der Waals surface area contributed by atoms with Crippen LogP contribution in [0.1, 0.15) is 40.4 Å². The SMILES string of the molecule is CCC=Nc1c(C)cccc1C1=C2N=C(N(C)C)N=C2c2ccccc2C1=O. The van der Waals surface area contributed by atoms with E-state index in [1.807, 2.05) is 81.5 Å². The van der Waals surface area contributed by atoms with Crippen molar-refractivity contribution in [2.45, 2.75) is 20.3 Å². The van der Waals surface area contributed by atoms with E-state index in [0.29, 0.717) is 22.8 Å². The van der Waals surface area contributed by atoms with Crippen molar-refractivity contribution >= 4 is 34.9 Å². The number of carbonyl (C=O) groups is 1. The molecule has 0 saturated heterocycles. The fourth-order valence-corrected chi connectivity index (χ4v) is 3.49. The van der Waals surface area contributed by atoms with Crippen molar-refractivity contribution < 1.29 is 4.79 Å². The van der Waals surface area contributed by atoms with Crippen LogP contribution in [0.2, 0.25) is 0 Å². The summed E-state index contributed by atoms with van der Waals surface area (Å²) in [6.07, 6.45) is 2.70. The largest absolute Gasteiger partial charge is 0.347 e. The molecule has 28 heavy (non-hydrogen) atoms. The van der Waals surface area contributed by atoms with Gasteiger partial charge in [-0.15, -0.1) is 0 Å². The molecule has 1 aliphatic carbocycles. The topological polar surface area (TPSA) is 57.4 Å². The minimum atomic E-state index is -0.0353. The zero-order valence-corrected chi connectivity index (χ0v) is 16.5. The second-order valence-electron chi connectivity index (χ2n) is 7.06. The Bertz CT molecular complexity index is 1100. The van der Waals surface area contributed by atoms with Gasteiger partial charge in [-0.05, 0) is 18.9 Å². The van der Waals surface area contributed by atoms with E-state index in [0.717, 1.165) is 34.5 Å². The number of allylic oxidation sites excluding steroid dienone is 2. The van der Waals surface area contributed by atoms with Crippen molar-refractivity contribution in [3.8, 4) is 0 Å². The Kier molecular flexibility index (Phi) is 4.51. The van der Waals surface area contributed by atoms with E-state index in [9.17, 15) is 4.79 Å². The number of aliphatic imine (C=N–C) groups is 3. The summed E-state index contributed by atoms with van der Waals surface area (Å²) in [7, 11) is 3.80. The number of Topliss-reactive ketones (excluding diaryl/α,β-unsaturated/α-hetero) is 1. The van der Waals surface area contributed by atoms with Gasteiger partial charge in [-0.25, -0.2) is 9.98 Å². The van der Waals surface area contributed by atoms with Crippen molar-refractivity contribution in [2.75, 3.05) is 14.1 Å². The number of benzene rings is 2.